The second-order valence-electron chi connectivity index (χ2n) is 2.44. The summed E-state index contributed by atoms with van der Waals surface area (Å²) in [6, 6.07) is 7.10. The third-order valence-corrected chi connectivity index (χ3v) is 3.37. The second kappa shape index (κ2) is 5.01. The zero-order valence-electron chi connectivity index (χ0n) is 7.78. The Morgan fingerprint density at radius 2 is 2.08 bits per heavy atom. The van der Waals surface area contributed by atoms with Crippen LogP contribution in [0, 0.1) is 0 Å². The molecule has 0 bridgehead atoms. The number of para-hydroxylation sites is 1. The van der Waals surface area contributed by atoms with Gasteiger partial charge in [-0.25, -0.2) is 0 Å². The van der Waals surface area contributed by atoms with Gasteiger partial charge in [-0.05, 0) is 13.0 Å². The highest BCUT2D eigenvalue weighted by Crippen LogP contribution is 2.05. The van der Waals surface area contributed by atoms with Crippen LogP contribution in [0.1, 0.15) is 6.92 Å². The van der Waals surface area contributed by atoms with E-state index in [1.54, 1.807) is 19.2 Å². The number of hydrogen-bond donors (Lipinski definition) is 1. The largest absolute Gasteiger partial charge is 0.508 e. The Bertz CT molecular complexity index is 265. The molecule has 0 heterocycles. The van der Waals surface area contributed by atoms with Crippen molar-refractivity contribution in [2.75, 3.05) is 13.7 Å². The highest BCUT2D eigenvalue weighted by Gasteiger charge is 2.19. The molecular weight excluding hydrogens is 184 g/mol. The van der Waals surface area contributed by atoms with Crippen LogP contribution in [0.3, 0.4) is 0 Å². The van der Waals surface area contributed by atoms with Crippen molar-refractivity contribution in [3.8, 4) is 5.75 Å². The third kappa shape index (κ3) is 2.55. The highest BCUT2D eigenvalue weighted by molar-refractivity contribution is 6.62. The number of aromatic hydroxyl groups is 1. The lowest BCUT2D eigenvalue weighted by atomic mass is 10.3. The Kier molecular flexibility index (Phi) is 3.95. The molecule has 71 valence electrons. The van der Waals surface area contributed by atoms with E-state index in [0.717, 1.165) is 5.19 Å². The molecule has 13 heavy (non-hydrogen) atoms. The van der Waals surface area contributed by atoms with Crippen molar-refractivity contribution in [3.05, 3.63) is 24.3 Å². The maximum atomic E-state index is 9.50. The first kappa shape index (κ1) is 10.2. The summed E-state index contributed by atoms with van der Waals surface area (Å²) in [5.41, 5.74) is 0. The molecule has 0 aliphatic rings. The van der Waals surface area contributed by atoms with Crippen LogP contribution < -0.4 is 5.19 Å². The minimum absolute atomic E-state index is 0.242. The van der Waals surface area contributed by atoms with E-state index in [-0.39, 0.29) is 5.75 Å². The second-order valence-corrected chi connectivity index (χ2v) is 4.25. The van der Waals surface area contributed by atoms with Gasteiger partial charge in [0.1, 0.15) is 5.75 Å². The van der Waals surface area contributed by atoms with Crippen LogP contribution in [0.4, 0.5) is 0 Å². The summed E-state index contributed by atoms with van der Waals surface area (Å²) >= 11 is 0. The van der Waals surface area contributed by atoms with Gasteiger partial charge in [-0.15, -0.1) is 0 Å². The van der Waals surface area contributed by atoms with Gasteiger partial charge in [0.2, 0.25) is 0 Å². The first-order chi connectivity index (χ1) is 6.29. The fourth-order valence-electron chi connectivity index (χ4n) is 1.02. The van der Waals surface area contributed by atoms with E-state index in [1.807, 2.05) is 19.1 Å². The Morgan fingerprint density at radius 1 is 1.38 bits per heavy atom. The molecule has 1 N–H and O–H groups in total. The van der Waals surface area contributed by atoms with E-state index >= 15 is 0 Å². The molecule has 0 atom stereocenters. The van der Waals surface area contributed by atoms with Crippen LogP contribution >= 0.6 is 0 Å². The lowest BCUT2D eigenvalue weighted by Gasteiger charge is -2.12. The summed E-state index contributed by atoms with van der Waals surface area (Å²) in [4.78, 5) is 0. The molecule has 3 nitrogen and oxygen atoms in total. The zero-order valence-corrected chi connectivity index (χ0v) is 8.78. The maximum Gasteiger partial charge on any atom is 0.427 e. The fourth-order valence-corrected chi connectivity index (χ4v) is 2.30. The standard InChI is InChI=1S/C9H13O3Si/c1-3-12-13(11-2)9-7-5-4-6-8(9)10/h4-7,10H,3H2,1-2H3. The first-order valence-corrected chi connectivity index (χ1v) is 5.43. The van der Waals surface area contributed by atoms with Crippen molar-refractivity contribution in [3.63, 3.8) is 0 Å². The van der Waals surface area contributed by atoms with E-state index in [2.05, 4.69) is 0 Å². The Hall–Kier alpha value is -0.843. The monoisotopic (exact) mass is 197 g/mol. The molecular formula is C9H13O3Si. The Balaban J connectivity index is 2.84. The first-order valence-electron chi connectivity index (χ1n) is 4.11. The van der Waals surface area contributed by atoms with Gasteiger partial charge in [-0.1, -0.05) is 18.2 Å². The quantitative estimate of drug-likeness (QED) is 0.725. The van der Waals surface area contributed by atoms with E-state index in [0.29, 0.717) is 6.61 Å². The van der Waals surface area contributed by atoms with E-state index in [1.165, 1.54) is 0 Å². The molecule has 0 aliphatic carbocycles. The molecule has 0 saturated heterocycles. The van der Waals surface area contributed by atoms with Gasteiger partial charge in [-0.3, -0.25) is 0 Å². The maximum absolute atomic E-state index is 9.50. The van der Waals surface area contributed by atoms with E-state index in [4.69, 9.17) is 8.85 Å². The molecule has 0 spiro atoms. The smallest absolute Gasteiger partial charge is 0.427 e. The number of phenols is 1. The molecule has 1 aromatic rings. The van der Waals surface area contributed by atoms with Crippen LogP contribution in [-0.2, 0) is 8.85 Å². The summed E-state index contributed by atoms with van der Waals surface area (Å²) < 4.78 is 10.6. The zero-order chi connectivity index (χ0) is 9.68. The van der Waals surface area contributed by atoms with Crippen LogP contribution in [-0.4, -0.2) is 28.1 Å². The van der Waals surface area contributed by atoms with Gasteiger partial charge in [-0.2, -0.15) is 0 Å². The summed E-state index contributed by atoms with van der Waals surface area (Å²) in [5.74, 6) is 0.242. The van der Waals surface area contributed by atoms with E-state index < -0.39 is 9.28 Å². The topological polar surface area (TPSA) is 38.7 Å². The molecule has 4 heteroatoms. The predicted molar refractivity (Wildman–Crippen MR) is 52.1 cm³/mol. The van der Waals surface area contributed by atoms with Crippen molar-refractivity contribution >= 4 is 14.5 Å². The Morgan fingerprint density at radius 3 is 2.62 bits per heavy atom. The Labute approximate surface area is 79.8 Å². The molecule has 0 fully saturated rings. The lowest BCUT2D eigenvalue weighted by Crippen LogP contribution is -2.35. The average Bonchev–Trinajstić information content (AvgIpc) is 2.16. The van der Waals surface area contributed by atoms with E-state index in [9.17, 15) is 5.11 Å². The van der Waals surface area contributed by atoms with Gasteiger partial charge in [0, 0.05) is 18.9 Å². The predicted octanol–water partition coefficient (Wildman–Crippen LogP) is 0.770. The number of benzene rings is 1. The van der Waals surface area contributed by atoms with Crippen molar-refractivity contribution in [1.29, 1.82) is 0 Å². The van der Waals surface area contributed by atoms with Crippen molar-refractivity contribution in [2.45, 2.75) is 6.92 Å². The van der Waals surface area contributed by atoms with Gasteiger partial charge in [0.05, 0.1) is 0 Å². The SMILES string of the molecule is CCO[Si](OC)c1ccccc1O. The van der Waals surface area contributed by atoms with Crippen LogP contribution in [0.5, 0.6) is 5.75 Å². The molecule has 1 rings (SSSR count). The molecule has 0 amide bonds. The number of hydrogen-bond acceptors (Lipinski definition) is 3. The number of rotatable bonds is 4. The fraction of sp³-hybridized carbons (Fsp3) is 0.333. The number of phenolic OH excluding ortho intramolecular Hbond substituents is 1. The minimum atomic E-state index is -1.49. The van der Waals surface area contributed by atoms with Crippen molar-refractivity contribution < 1.29 is 14.0 Å². The van der Waals surface area contributed by atoms with Crippen LogP contribution in [0.2, 0.25) is 0 Å². The van der Waals surface area contributed by atoms with Crippen molar-refractivity contribution in [2.24, 2.45) is 0 Å². The molecule has 0 aliphatic heterocycles. The van der Waals surface area contributed by atoms with Gasteiger partial charge in [0.25, 0.3) is 0 Å². The third-order valence-electron chi connectivity index (χ3n) is 1.58. The molecule has 0 saturated carbocycles. The highest BCUT2D eigenvalue weighted by atomic mass is 28.3. The summed E-state index contributed by atoms with van der Waals surface area (Å²) in [6.07, 6.45) is 0. The molecule has 0 unspecified atom stereocenters. The normalized spacial score (nSPS) is 10.7. The summed E-state index contributed by atoms with van der Waals surface area (Å²) in [5, 5.41) is 10.3. The minimum Gasteiger partial charge on any atom is -0.508 e. The van der Waals surface area contributed by atoms with Gasteiger partial charge in [0.15, 0.2) is 0 Å². The molecule has 1 aromatic carbocycles. The van der Waals surface area contributed by atoms with Crippen LogP contribution in [0.25, 0.3) is 0 Å². The summed E-state index contributed by atoms with van der Waals surface area (Å²) in [6.45, 7) is 2.50. The lowest BCUT2D eigenvalue weighted by molar-refractivity contribution is 0.252. The van der Waals surface area contributed by atoms with Gasteiger partial charge < -0.3 is 14.0 Å². The van der Waals surface area contributed by atoms with Crippen molar-refractivity contribution in [1.82, 2.24) is 0 Å². The van der Waals surface area contributed by atoms with Crippen LogP contribution in [0.15, 0.2) is 24.3 Å². The average molecular weight is 197 g/mol. The summed E-state index contributed by atoms with van der Waals surface area (Å²) in [7, 11) is 0.101. The van der Waals surface area contributed by atoms with Gasteiger partial charge >= 0.3 is 9.28 Å². The molecule has 0 aromatic heterocycles. The molecule has 1 radical (unpaired) electrons.